The van der Waals surface area contributed by atoms with Gasteiger partial charge in [-0.05, 0) is 30.4 Å². The molecule has 1 aromatic heterocycles. The van der Waals surface area contributed by atoms with E-state index in [0.29, 0.717) is 29.1 Å². The van der Waals surface area contributed by atoms with Crippen molar-refractivity contribution in [2.45, 2.75) is 11.3 Å². The normalized spacial score (nSPS) is 18.2. The molecule has 0 amide bonds. The molecule has 0 aliphatic carbocycles. The van der Waals surface area contributed by atoms with Crippen molar-refractivity contribution < 1.29 is 8.42 Å². The Morgan fingerprint density at radius 3 is 2.95 bits per heavy atom. The number of aromatic amines is 1. The van der Waals surface area contributed by atoms with Crippen molar-refractivity contribution >= 4 is 38.4 Å². The van der Waals surface area contributed by atoms with Crippen LogP contribution in [0.4, 0.5) is 5.69 Å². The number of benzene rings is 1. The molecule has 1 aromatic carbocycles. The fourth-order valence-electron chi connectivity index (χ4n) is 2.43. The molecule has 1 saturated heterocycles. The lowest BCUT2D eigenvalue weighted by atomic mass is 10.2. The molecule has 0 spiro atoms. The summed E-state index contributed by atoms with van der Waals surface area (Å²) in [7, 11) is -3.45. The Labute approximate surface area is 122 Å². The maximum atomic E-state index is 12.8. The van der Waals surface area contributed by atoms with Gasteiger partial charge in [-0.2, -0.15) is 16.1 Å². The summed E-state index contributed by atoms with van der Waals surface area (Å²) < 4.78 is 27.1. The number of aromatic nitrogens is 1. The highest BCUT2D eigenvalue weighted by atomic mass is 32.2. The third-order valence-electron chi connectivity index (χ3n) is 3.47. The molecule has 20 heavy (non-hydrogen) atoms. The summed E-state index contributed by atoms with van der Waals surface area (Å²) in [6.07, 6.45) is 2.46. The van der Waals surface area contributed by atoms with Crippen LogP contribution in [0.2, 0.25) is 0 Å². The lowest BCUT2D eigenvalue weighted by Crippen LogP contribution is -2.32. The number of thioether (sulfide) groups is 1. The van der Waals surface area contributed by atoms with E-state index in [1.165, 1.54) is 0 Å². The van der Waals surface area contributed by atoms with E-state index in [2.05, 4.69) is 4.98 Å². The quantitative estimate of drug-likeness (QED) is 0.830. The molecule has 0 saturated carbocycles. The van der Waals surface area contributed by atoms with E-state index in [1.54, 1.807) is 34.4 Å². The van der Waals surface area contributed by atoms with Crippen LogP contribution < -0.4 is 5.73 Å². The molecule has 5 nitrogen and oxygen atoms in total. The molecule has 1 fully saturated rings. The molecule has 0 atom stereocenters. The molecular weight excluding hydrogens is 294 g/mol. The molecular formula is C13H17N3O2S2. The Kier molecular flexibility index (Phi) is 3.66. The number of rotatable bonds is 2. The maximum Gasteiger partial charge on any atom is 0.245 e. The zero-order chi connectivity index (χ0) is 14.2. The predicted octanol–water partition coefficient (Wildman–Crippen LogP) is 1.88. The predicted molar refractivity (Wildman–Crippen MR) is 83.4 cm³/mol. The maximum absolute atomic E-state index is 12.8. The lowest BCUT2D eigenvalue weighted by Gasteiger charge is -2.19. The molecule has 2 aromatic rings. The van der Waals surface area contributed by atoms with E-state index in [1.807, 2.05) is 6.07 Å². The molecule has 3 N–H and O–H groups in total. The van der Waals surface area contributed by atoms with Gasteiger partial charge in [0.05, 0.1) is 0 Å². The molecule has 3 rings (SSSR count). The fraction of sp³-hybridized carbons (Fsp3) is 0.385. The average Bonchev–Trinajstić information content (AvgIpc) is 2.65. The van der Waals surface area contributed by atoms with E-state index in [0.717, 1.165) is 23.4 Å². The monoisotopic (exact) mass is 311 g/mol. The van der Waals surface area contributed by atoms with Gasteiger partial charge >= 0.3 is 0 Å². The number of H-pyrrole nitrogens is 1. The SMILES string of the molecule is Nc1ccc2[nH]cc(S(=O)(=O)N3CCCSCC3)c2c1. The molecule has 1 aliphatic heterocycles. The fourth-order valence-corrected chi connectivity index (χ4v) is 5.07. The highest BCUT2D eigenvalue weighted by Crippen LogP contribution is 2.28. The lowest BCUT2D eigenvalue weighted by molar-refractivity contribution is 0.435. The number of nitrogen functional groups attached to an aromatic ring is 1. The summed E-state index contributed by atoms with van der Waals surface area (Å²) in [5.74, 6) is 1.87. The highest BCUT2D eigenvalue weighted by Gasteiger charge is 2.27. The van der Waals surface area contributed by atoms with Crippen molar-refractivity contribution in [1.29, 1.82) is 0 Å². The third-order valence-corrected chi connectivity index (χ3v) is 6.45. The summed E-state index contributed by atoms with van der Waals surface area (Å²) in [6.45, 7) is 1.16. The third kappa shape index (κ3) is 2.41. The van der Waals surface area contributed by atoms with Crippen LogP contribution in [0.1, 0.15) is 6.42 Å². The van der Waals surface area contributed by atoms with Gasteiger partial charge in [0.25, 0.3) is 0 Å². The van der Waals surface area contributed by atoms with E-state index in [-0.39, 0.29) is 0 Å². The average molecular weight is 311 g/mol. The Balaban J connectivity index is 2.06. The van der Waals surface area contributed by atoms with Crippen molar-refractivity contribution in [3.8, 4) is 0 Å². The minimum atomic E-state index is -3.45. The number of sulfonamides is 1. The summed E-state index contributed by atoms with van der Waals surface area (Å²) >= 11 is 1.80. The highest BCUT2D eigenvalue weighted by molar-refractivity contribution is 7.99. The van der Waals surface area contributed by atoms with Gasteiger partial charge in [0, 0.05) is 41.6 Å². The van der Waals surface area contributed by atoms with Crippen LogP contribution in [-0.4, -0.2) is 42.3 Å². The molecule has 108 valence electrons. The number of nitrogens with two attached hydrogens (primary N) is 1. The van der Waals surface area contributed by atoms with Gasteiger partial charge in [-0.3, -0.25) is 0 Å². The van der Waals surface area contributed by atoms with Crippen LogP contribution in [0.3, 0.4) is 0 Å². The standard InChI is InChI=1S/C13H17N3O2S2/c14-10-2-3-12-11(8-10)13(9-15-12)20(17,18)16-4-1-6-19-7-5-16/h2-3,8-9,15H,1,4-7,14H2. The number of hydrogen-bond donors (Lipinski definition) is 2. The summed E-state index contributed by atoms with van der Waals surface area (Å²) in [5.41, 5.74) is 7.14. The summed E-state index contributed by atoms with van der Waals surface area (Å²) in [6, 6.07) is 5.28. The van der Waals surface area contributed by atoms with Crippen molar-refractivity contribution in [3.63, 3.8) is 0 Å². The number of anilines is 1. The van der Waals surface area contributed by atoms with Crippen molar-refractivity contribution in [1.82, 2.24) is 9.29 Å². The first-order valence-corrected chi connectivity index (χ1v) is 9.13. The van der Waals surface area contributed by atoms with Gasteiger partial charge < -0.3 is 10.7 Å². The van der Waals surface area contributed by atoms with Crippen molar-refractivity contribution in [2.75, 3.05) is 30.3 Å². The van der Waals surface area contributed by atoms with Crippen LogP contribution in [-0.2, 0) is 10.0 Å². The molecule has 0 unspecified atom stereocenters. The largest absolute Gasteiger partial charge is 0.399 e. The minimum absolute atomic E-state index is 0.326. The van der Waals surface area contributed by atoms with Gasteiger partial charge in [0.1, 0.15) is 4.90 Å². The van der Waals surface area contributed by atoms with Crippen LogP contribution in [0.15, 0.2) is 29.3 Å². The van der Waals surface area contributed by atoms with Crippen LogP contribution in [0.25, 0.3) is 10.9 Å². The van der Waals surface area contributed by atoms with Gasteiger partial charge in [-0.15, -0.1) is 0 Å². The molecule has 7 heteroatoms. The van der Waals surface area contributed by atoms with Gasteiger partial charge in [0.15, 0.2) is 0 Å². The zero-order valence-electron chi connectivity index (χ0n) is 11.0. The van der Waals surface area contributed by atoms with Crippen LogP contribution in [0, 0.1) is 0 Å². The van der Waals surface area contributed by atoms with E-state index >= 15 is 0 Å². The summed E-state index contributed by atoms with van der Waals surface area (Å²) in [5, 5.41) is 0.668. The molecule has 0 bridgehead atoms. The second-order valence-corrected chi connectivity index (χ2v) is 7.96. The van der Waals surface area contributed by atoms with Gasteiger partial charge in [0.2, 0.25) is 10.0 Å². The number of nitrogens with one attached hydrogen (secondary N) is 1. The Bertz CT molecular complexity index is 716. The first-order chi connectivity index (χ1) is 9.59. The number of nitrogens with zero attached hydrogens (tertiary/aromatic N) is 1. The second kappa shape index (κ2) is 5.31. The van der Waals surface area contributed by atoms with E-state index < -0.39 is 10.0 Å². The minimum Gasteiger partial charge on any atom is -0.399 e. The smallest absolute Gasteiger partial charge is 0.245 e. The first-order valence-electron chi connectivity index (χ1n) is 6.53. The summed E-state index contributed by atoms with van der Waals surface area (Å²) in [4.78, 5) is 3.34. The number of hydrogen-bond acceptors (Lipinski definition) is 4. The zero-order valence-corrected chi connectivity index (χ0v) is 12.6. The van der Waals surface area contributed by atoms with E-state index in [4.69, 9.17) is 5.73 Å². The van der Waals surface area contributed by atoms with Crippen molar-refractivity contribution in [3.05, 3.63) is 24.4 Å². The van der Waals surface area contributed by atoms with Crippen LogP contribution in [0.5, 0.6) is 0 Å². The van der Waals surface area contributed by atoms with Crippen LogP contribution >= 0.6 is 11.8 Å². The Hall–Kier alpha value is -1.18. The Morgan fingerprint density at radius 1 is 1.25 bits per heavy atom. The first kappa shape index (κ1) is 13.8. The second-order valence-electron chi connectivity index (χ2n) is 4.83. The van der Waals surface area contributed by atoms with Gasteiger partial charge in [-0.1, -0.05) is 0 Å². The molecule has 0 radical (unpaired) electrons. The van der Waals surface area contributed by atoms with Crippen molar-refractivity contribution in [2.24, 2.45) is 0 Å². The van der Waals surface area contributed by atoms with Gasteiger partial charge in [-0.25, -0.2) is 8.42 Å². The molecule has 2 heterocycles. The topological polar surface area (TPSA) is 79.2 Å². The number of fused-ring (bicyclic) bond motifs is 1. The Morgan fingerprint density at radius 2 is 2.10 bits per heavy atom. The molecule has 1 aliphatic rings. The van der Waals surface area contributed by atoms with E-state index in [9.17, 15) is 8.42 Å².